The molecule has 0 aliphatic heterocycles. The van der Waals surface area contributed by atoms with Gasteiger partial charge in [0.25, 0.3) is 5.91 Å². The standard InChI is InChI=1S/C10H5Br2ClN2OS/c11-7-4-5(8(12)17-7)10(16)15-9-6(13)2-1-3-14-9/h1-4H,(H,14,15,16). The van der Waals surface area contributed by atoms with Crippen molar-refractivity contribution >= 4 is 66.5 Å². The number of hydrogen-bond acceptors (Lipinski definition) is 3. The zero-order valence-electron chi connectivity index (χ0n) is 8.21. The molecule has 3 nitrogen and oxygen atoms in total. The molecule has 1 N–H and O–H groups in total. The summed E-state index contributed by atoms with van der Waals surface area (Å²) in [5.41, 5.74) is 0.545. The summed E-state index contributed by atoms with van der Waals surface area (Å²) >= 11 is 14.0. The first-order valence-corrected chi connectivity index (χ1v) is 7.22. The molecule has 0 fully saturated rings. The third kappa shape index (κ3) is 3.07. The number of thiophene rings is 1. The quantitative estimate of drug-likeness (QED) is 0.808. The molecule has 0 saturated heterocycles. The highest BCUT2D eigenvalue weighted by molar-refractivity contribution is 9.12. The van der Waals surface area contributed by atoms with Crippen molar-refractivity contribution in [3.8, 4) is 0 Å². The minimum Gasteiger partial charge on any atom is -0.305 e. The van der Waals surface area contributed by atoms with E-state index >= 15 is 0 Å². The van der Waals surface area contributed by atoms with E-state index in [4.69, 9.17) is 11.6 Å². The van der Waals surface area contributed by atoms with Crippen LogP contribution in [0.15, 0.2) is 32.0 Å². The second kappa shape index (κ2) is 5.48. The molecule has 2 aromatic heterocycles. The molecule has 0 atom stereocenters. The summed E-state index contributed by atoms with van der Waals surface area (Å²) < 4.78 is 1.63. The number of anilines is 1. The lowest BCUT2D eigenvalue weighted by Gasteiger charge is -2.04. The number of nitrogens with one attached hydrogen (secondary N) is 1. The zero-order valence-corrected chi connectivity index (χ0v) is 13.0. The van der Waals surface area contributed by atoms with E-state index in [0.29, 0.717) is 16.4 Å². The van der Waals surface area contributed by atoms with Gasteiger partial charge in [0.15, 0.2) is 5.82 Å². The van der Waals surface area contributed by atoms with Crippen molar-refractivity contribution in [3.63, 3.8) is 0 Å². The number of amides is 1. The van der Waals surface area contributed by atoms with Gasteiger partial charge >= 0.3 is 0 Å². The molecular weight excluding hydrogens is 391 g/mol. The SMILES string of the molecule is O=C(Nc1ncccc1Cl)c1cc(Br)sc1Br. The highest BCUT2D eigenvalue weighted by Gasteiger charge is 2.15. The van der Waals surface area contributed by atoms with Gasteiger partial charge in [0.05, 0.1) is 18.2 Å². The van der Waals surface area contributed by atoms with E-state index in [0.717, 1.165) is 7.57 Å². The number of hydrogen-bond donors (Lipinski definition) is 1. The van der Waals surface area contributed by atoms with Crippen LogP contribution in [-0.4, -0.2) is 10.9 Å². The van der Waals surface area contributed by atoms with Crippen LogP contribution in [0.1, 0.15) is 10.4 Å². The van der Waals surface area contributed by atoms with Crippen molar-refractivity contribution in [2.24, 2.45) is 0 Å². The first-order chi connectivity index (χ1) is 8.08. The average Bonchev–Trinajstić information content (AvgIpc) is 2.61. The minimum atomic E-state index is -0.251. The third-order valence-electron chi connectivity index (χ3n) is 1.89. The van der Waals surface area contributed by atoms with E-state index in [1.54, 1.807) is 24.4 Å². The highest BCUT2D eigenvalue weighted by atomic mass is 79.9. The van der Waals surface area contributed by atoms with Gasteiger partial charge in [0.1, 0.15) is 0 Å². The van der Waals surface area contributed by atoms with E-state index in [1.165, 1.54) is 11.3 Å². The highest BCUT2D eigenvalue weighted by Crippen LogP contribution is 2.32. The van der Waals surface area contributed by atoms with Crippen molar-refractivity contribution in [3.05, 3.63) is 42.6 Å². The van der Waals surface area contributed by atoms with Crippen LogP contribution in [0.5, 0.6) is 0 Å². The lowest BCUT2D eigenvalue weighted by Crippen LogP contribution is -2.12. The Morgan fingerprint density at radius 1 is 1.47 bits per heavy atom. The predicted octanol–water partition coefficient (Wildman–Crippen LogP) is 4.57. The van der Waals surface area contributed by atoms with Crippen molar-refractivity contribution in [2.45, 2.75) is 0 Å². The lowest BCUT2D eigenvalue weighted by atomic mass is 10.3. The summed E-state index contributed by atoms with van der Waals surface area (Å²) in [6.45, 7) is 0. The second-order valence-electron chi connectivity index (χ2n) is 3.03. The first kappa shape index (κ1) is 13.0. The van der Waals surface area contributed by atoms with Crippen LogP contribution in [0, 0.1) is 0 Å². The fourth-order valence-electron chi connectivity index (χ4n) is 1.15. The third-order valence-corrected chi connectivity index (χ3v) is 4.54. The van der Waals surface area contributed by atoms with Gasteiger partial charge in [-0.1, -0.05) is 11.6 Å². The summed E-state index contributed by atoms with van der Waals surface area (Å²) in [4.78, 5) is 15.9. The maximum absolute atomic E-state index is 11.9. The van der Waals surface area contributed by atoms with E-state index in [2.05, 4.69) is 42.2 Å². The molecule has 0 spiro atoms. The van der Waals surface area contributed by atoms with Gasteiger partial charge in [-0.05, 0) is 50.1 Å². The molecule has 0 aliphatic carbocycles. The van der Waals surface area contributed by atoms with E-state index < -0.39 is 0 Å². The van der Waals surface area contributed by atoms with Crippen LogP contribution in [0.4, 0.5) is 5.82 Å². The second-order valence-corrected chi connectivity index (χ2v) is 7.18. The molecule has 0 bridgehead atoms. The molecule has 0 radical (unpaired) electrons. The monoisotopic (exact) mass is 394 g/mol. The van der Waals surface area contributed by atoms with E-state index in [9.17, 15) is 4.79 Å². The Hall–Kier alpha value is -0.430. The fourth-order valence-corrected chi connectivity index (χ4v) is 4.11. The first-order valence-electron chi connectivity index (χ1n) is 4.44. The van der Waals surface area contributed by atoms with Gasteiger partial charge in [-0.25, -0.2) is 4.98 Å². The Kier molecular flexibility index (Phi) is 4.19. The average molecular weight is 396 g/mol. The molecular formula is C10H5Br2ClN2OS. The van der Waals surface area contributed by atoms with Crippen LogP contribution < -0.4 is 5.32 Å². The smallest absolute Gasteiger partial charge is 0.258 e. The number of aromatic nitrogens is 1. The number of halogens is 3. The normalized spacial score (nSPS) is 10.3. The number of carbonyl (C=O) groups is 1. The van der Waals surface area contributed by atoms with Crippen LogP contribution in [0.2, 0.25) is 5.02 Å². The van der Waals surface area contributed by atoms with Crippen molar-refractivity contribution in [2.75, 3.05) is 5.32 Å². The molecule has 0 unspecified atom stereocenters. The summed E-state index contributed by atoms with van der Waals surface area (Å²) in [5.74, 6) is 0.104. The summed E-state index contributed by atoms with van der Waals surface area (Å²) in [7, 11) is 0. The number of nitrogens with zero attached hydrogens (tertiary/aromatic N) is 1. The molecule has 2 heterocycles. The van der Waals surface area contributed by atoms with E-state index in [1.807, 2.05) is 0 Å². The summed E-state index contributed by atoms with van der Waals surface area (Å²) in [6.07, 6.45) is 1.57. The Morgan fingerprint density at radius 2 is 2.24 bits per heavy atom. The minimum absolute atomic E-state index is 0.251. The fraction of sp³-hybridized carbons (Fsp3) is 0. The van der Waals surface area contributed by atoms with Crippen LogP contribution >= 0.6 is 54.8 Å². The molecule has 2 rings (SSSR count). The molecule has 0 aliphatic rings. The van der Waals surface area contributed by atoms with Crippen molar-refractivity contribution in [1.82, 2.24) is 4.98 Å². The van der Waals surface area contributed by atoms with Crippen LogP contribution in [0.25, 0.3) is 0 Å². The predicted molar refractivity (Wildman–Crippen MR) is 76.9 cm³/mol. The number of rotatable bonds is 2. The Labute approximate surface area is 123 Å². The van der Waals surface area contributed by atoms with Gasteiger partial charge in [-0.15, -0.1) is 11.3 Å². The molecule has 1 amide bonds. The lowest BCUT2D eigenvalue weighted by molar-refractivity contribution is 0.102. The molecule has 0 saturated carbocycles. The molecule has 17 heavy (non-hydrogen) atoms. The van der Waals surface area contributed by atoms with Gasteiger partial charge in [0, 0.05) is 6.20 Å². The van der Waals surface area contributed by atoms with Crippen molar-refractivity contribution < 1.29 is 4.79 Å². The van der Waals surface area contributed by atoms with Gasteiger partial charge in [-0.2, -0.15) is 0 Å². The zero-order chi connectivity index (χ0) is 12.4. The van der Waals surface area contributed by atoms with Gasteiger partial charge in [0.2, 0.25) is 0 Å². The van der Waals surface area contributed by atoms with Gasteiger partial charge in [-0.3, -0.25) is 4.79 Å². The van der Waals surface area contributed by atoms with Gasteiger partial charge < -0.3 is 5.32 Å². The van der Waals surface area contributed by atoms with Crippen LogP contribution in [0.3, 0.4) is 0 Å². The maximum Gasteiger partial charge on any atom is 0.258 e. The summed E-state index contributed by atoms with van der Waals surface area (Å²) in [6, 6.07) is 5.11. The Balaban J connectivity index is 2.23. The summed E-state index contributed by atoms with van der Waals surface area (Å²) in [5, 5.41) is 3.06. The van der Waals surface area contributed by atoms with Crippen molar-refractivity contribution in [1.29, 1.82) is 0 Å². The van der Waals surface area contributed by atoms with E-state index in [-0.39, 0.29) is 5.91 Å². The molecule has 2 aromatic rings. The molecule has 0 aromatic carbocycles. The molecule has 7 heteroatoms. The van der Waals surface area contributed by atoms with Crippen LogP contribution in [-0.2, 0) is 0 Å². The number of carbonyl (C=O) groups excluding carboxylic acids is 1. The Morgan fingerprint density at radius 3 is 2.82 bits per heavy atom. The molecule has 88 valence electrons. The Bertz CT molecular complexity index is 573. The number of pyridine rings is 1. The maximum atomic E-state index is 11.9. The largest absolute Gasteiger partial charge is 0.305 e. The topological polar surface area (TPSA) is 42.0 Å².